The zero-order valence-corrected chi connectivity index (χ0v) is 10.9. The Morgan fingerprint density at radius 2 is 1.95 bits per heavy atom. The van der Waals surface area contributed by atoms with E-state index in [1.807, 2.05) is 0 Å². The van der Waals surface area contributed by atoms with Crippen molar-refractivity contribution in [3.63, 3.8) is 0 Å². The van der Waals surface area contributed by atoms with Gasteiger partial charge in [-0.25, -0.2) is 0 Å². The van der Waals surface area contributed by atoms with E-state index in [1.54, 1.807) is 43.3 Å². The van der Waals surface area contributed by atoms with Crippen LogP contribution in [-0.2, 0) is 6.54 Å². The van der Waals surface area contributed by atoms with Crippen LogP contribution in [0.3, 0.4) is 0 Å². The van der Waals surface area contributed by atoms with Crippen molar-refractivity contribution in [3.8, 4) is 0 Å². The number of benzene rings is 1. The number of halogens is 3. The molecule has 0 saturated carbocycles. The van der Waals surface area contributed by atoms with E-state index in [4.69, 9.17) is 4.52 Å². The number of nitrogens with one attached hydrogen (secondary N) is 1. The van der Waals surface area contributed by atoms with Crippen molar-refractivity contribution in [2.75, 3.05) is 0 Å². The maximum Gasteiger partial charge on any atom is 0.390 e. The highest BCUT2D eigenvalue weighted by Crippen LogP contribution is 2.29. The topological polar surface area (TPSA) is 38.1 Å². The summed E-state index contributed by atoms with van der Waals surface area (Å²) in [5, 5.41) is 6.57. The summed E-state index contributed by atoms with van der Waals surface area (Å²) in [6.07, 6.45) is -5.16. The highest BCUT2D eigenvalue weighted by Gasteiger charge is 2.32. The fraction of sp³-hybridized carbons (Fsp3) is 0.357. The molecule has 6 heteroatoms. The molecule has 0 amide bonds. The Kier molecular flexibility index (Phi) is 4.44. The number of hydrogen-bond acceptors (Lipinski definition) is 3. The molecule has 3 nitrogen and oxygen atoms in total. The molecule has 1 aromatic heterocycles. The fourth-order valence-corrected chi connectivity index (χ4v) is 1.95. The van der Waals surface area contributed by atoms with E-state index in [9.17, 15) is 13.2 Å². The summed E-state index contributed by atoms with van der Waals surface area (Å²) < 4.78 is 42.9. The van der Waals surface area contributed by atoms with Crippen LogP contribution in [0.25, 0.3) is 0 Å². The lowest BCUT2D eigenvalue weighted by atomic mass is 10.0. The summed E-state index contributed by atoms with van der Waals surface area (Å²) in [5.74, 6) is 0.519. The predicted octanol–water partition coefficient (Wildman–Crippen LogP) is 3.77. The molecule has 0 fully saturated rings. The first-order chi connectivity index (χ1) is 9.44. The van der Waals surface area contributed by atoms with Crippen LogP contribution in [0.5, 0.6) is 0 Å². The van der Waals surface area contributed by atoms with E-state index in [0.717, 1.165) is 0 Å². The minimum atomic E-state index is -4.23. The van der Waals surface area contributed by atoms with Crippen LogP contribution in [0.2, 0.25) is 0 Å². The van der Waals surface area contributed by atoms with Gasteiger partial charge in [0, 0.05) is 12.1 Å². The molecular weight excluding hydrogens is 269 g/mol. The number of alkyl halides is 3. The van der Waals surface area contributed by atoms with Gasteiger partial charge in [-0.05, 0) is 12.5 Å². The Morgan fingerprint density at radius 1 is 1.25 bits per heavy atom. The third-order valence-electron chi connectivity index (χ3n) is 2.84. The number of aryl methyl sites for hydroxylation is 1. The largest absolute Gasteiger partial charge is 0.390 e. The lowest BCUT2D eigenvalue weighted by Crippen LogP contribution is -2.26. The second kappa shape index (κ2) is 6.09. The number of rotatable bonds is 5. The van der Waals surface area contributed by atoms with Crippen LogP contribution in [0.15, 0.2) is 40.9 Å². The van der Waals surface area contributed by atoms with Crippen molar-refractivity contribution in [2.24, 2.45) is 0 Å². The Bertz CT molecular complexity index is 537. The average Bonchev–Trinajstić information content (AvgIpc) is 2.80. The maximum absolute atomic E-state index is 12.6. The number of nitrogens with zero attached hydrogens (tertiary/aromatic N) is 1. The van der Waals surface area contributed by atoms with Gasteiger partial charge >= 0.3 is 6.18 Å². The van der Waals surface area contributed by atoms with E-state index in [2.05, 4.69) is 10.5 Å². The standard InChI is InChI=1S/C14H15F3N2O/c1-10-7-12(20-19-10)9-18-13(8-14(15,16)17)11-5-3-2-4-6-11/h2-7,13,18H,8-9H2,1H3. The highest BCUT2D eigenvalue weighted by atomic mass is 19.4. The fourth-order valence-electron chi connectivity index (χ4n) is 1.95. The molecule has 0 spiro atoms. The summed E-state index contributed by atoms with van der Waals surface area (Å²) in [4.78, 5) is 0. The van der Waals surface area contributed by atoms with Crippen LogP contribution in [0.4, 0.5) is 13.2 Å². The summed E-state index contributed by atoms with van der Waals surface area (Å²) in [5.41, 5.74) is 1.30. The second-order valence-corrected chi connectivity index (χ2v) is 4.60. The Hall–Kier alpha value is -1.82. The number of hydrogen-bond donors (Lipinski definition) is 1. The SMILES string of the molecule is Cc1cc(CNC(CC(F)(F)F)c2ccccc2)on1. The molecule has 1 aromatic carbocycles. The molecule has 0 bridgehead atoms. The predicted molar refractivity (Wildman–Crippen MR) is 67.9 cm³/mol. The van der Waals surface area contributed by atoms with Crippen LogP contribution in [-0.4, -0.2) is 11.3 Å². The van der Waals surface area contributed by atoms with Gasteiger partial charge in [-0.2, -0.15) is 13.2 Å². The summed E-state index contributed by atoms with van der Waals surface area (Å²) >= 11 is 0. The molecule has 2 rings (SSSR count). The minimum absolute atomic E-state index is 0.205. The molecule has 0 radical (unpaired) electrons. The van der Waals surface area contributed by atoms with Gasteiger partial charge in [-0.3, -0.25) is 0 Å². The van der Waals surface area contributed by atoms with E-state index >= 15 is 0 Å². The van der Waals surface area contributed by atoms with Crippen LogP contribution >= 0.6 is 0 Å². The maximum atomic E-state index is 12.6. The zero-order chi connectivity index (χ0) is 14.6. The monoisotopic (exact) mass is 284 g/mol. The minimum Gasteiger partial charge on any atom is -0.360 e. The molecule has 1 N–H and O–H groups in total. The smallest absolute Gasteiger partial charge is 0.360 e. The molecule has 20 heavy (non-hydrogen) atoms. The first kappa shape index (κ1) is 14.6. The van der Waals surface area contributed by atoms with E-state index < -0.39 is 18.6 Å². The van der Waals surface area contributed by atoms with Crippen molar-refractivity contribution in [2.45, 2.75) is 32.1 Å². The third-order valence-corrected chi connectivity index (χ3v) is 2.84. The van der Waals surface area contributed by atoms with Crippen molar-refractivity contribution in [1.29, 1.82) is 0 Å². The summed E-state index contributed by atoms with van der Waals surface area (Å²) in [6.45, 7) is 1.97. The van der Waals surface area contributed by atoms with Crippen LogP contribution in [0, 0.1) is 6.92 Å². The molecular formula is C14H15F3N2O. The third kappa shape index (κ3) is 4.38. The van der Waals surface area contributed by atoms with Gasteiger partial charge in [0.2, 0.25) is 0 Å². The van der Waals surface area contributed by atoms with E-state index in [1.165, 1.54) is 0 Å². The lowest BCUT2D eigenvalue weighted by Gasteiger charge is -2.20. The molecule has 2 aromatic rings. The van der Waals surface area contributed by atoms with Gasteiger partial charge in [0.15, 0.2) is 5.76 Å². The zero-order valence-electron chi connectivity index (χ0n) is 10.9. The lowest BCUT2D eigenvalue weighted by molar-refractivity contribution is -0.140. The van der Waals surface area contributed by atoms with Crippen LogP contribution in [0.1, 0.15) is 29.5 Å². The average molecular weight is 284 g/mol. The molecule has 108 valence electrons. The Balaban J connectivity index is 2.07. The first-order valence-corrected chi connectivity index (χ1v) is 6.21. The molecule has 0 aliphatic heterocycles. The molecule has 1 unspecified atom stereocenters. The van der Waals surface area contributed by atoms with Crippen molar-refractivity contribution >= 4 is 0 Å². The molecule has 0 aliphatic carbocycles. The highest BCUT2D eigenvalue weighted by molar-refractivity contribution is 5.19. The van der Waals surface area contributed by atoms with Gasteiger partial charge < -0.3 is 9.84 Å². The van der Waals surface area contributed by atoms with Crippen molar-refractivity contribution in [1.82, 2.24) is 10.5 Å². The van der Waals surface area contributed by atoms with Gasteiger partial charge in [0.05, 0.1) is 18.7 Å². The van der Waals surface area contributed by atoms with Gasteiger partial charge in [-0.15, -0.1) is 0 Å². The molecule has 0 saturated heterocycles. The Morgan fingerprint density at radius 3 is 2.50 bits per heavy atom. The second-order valence-electron chi connectivity index (χ2n) is 4.60. The molecule has 1 heterocycles. The van der Waals surface area contributed by atoms with E-state index in [-0.39, 0.29) is 6.54 Å². The van der Waals surface area contributed by atoms with Crippen molar-refractivity contribution < 1.29 is 17.7 Å². The summed E-state index contributed by atoms with van der Waals surface area (Å²) in [7, 11) is 0. The Labute approximate surface area is 114 Å². The normalized spacial score (nSPS) is 13.4. The molecule has 1 atom stereocenters. The molecule has 0 aliphatic rings. The van der Waals surface area contributed by atoms with Gasteiger partial charge in [-0.1, -0.05) is 35.5 Å². The first-order valence-electron chi connectivity index (χ1n) is 6.21. The van der Waals surface area contributed by atoms with Gasteiger partial charge in [0.25, 0.3) is 0 Å². The van der Waals surface area contributed by atoms with Gasteiger partial charge in [0.1, 0.15) is 0 Å². The van der Waals surface area contributed by atoms with Crippen LogP contribution < -0.4 is 5.32 Å². The van der Waals surface area contributed by atoms with E-state index in [0.29, 0.717) is 17.0 Å². The van der Waals surface area contributed by atoms with Crippen molar-refractivity contribution in [3.05, 3.63) is 53.4 Å². The number of aromatic nitrogens is 1. The summed E-state index contributed by atoms with van der Waals surface area (Å²) in [6, 6.07) is 9.46. The quantitative estimate of drug-likeness (QED) is 0.908.